The van der Waals surface area contributed by atoms with Crippen LogP contribution in [0, 0.1) is 20.8 Å². The van der Waals surface area contributed by atoms with Crippen molar-refractivity contribution >= 4 is 0 Å². The molecule has 1 atom stereocenters. The van der Waals surface area contributed by atoms with Gasteiger partial charge in [-0.3, -0.25) is 9.58 Å². The Morgan fingerprint density at radius 3 is 2.96 bits per heavy atom. The van der Waals surface area contributed by atoms with Crippen LogP contribution in [0.15, 0.2) is 29.6 Å². The zero-order chi connectivity index (χ0) is 18.3. The van der Waals surface area contributed by atoms with Gasteiger partial charge >= 0.3 is 0 Å². The molecule has 1 aliphatic rings. The van der Waals surface area contributed by atoms with E-state index >= 15 is 0 Å². The molecule has 0 spiro atoms. The van der Waals surface area contributed by atoms with Crippen molar-refractivity contribution in [2.45, 2.75) is 46.3 Å². The van der Waals surface area contributed by atoms with E-state index in [1.807, 2.05) is 23.7 Å². The standard InChI is InChI=1S/C19H24N6O/c1-5-7-25-14(4)15(13(3)22-25)10-24-8-6-16-18(21-11-20-16)19(24)17-9-12(2)23-26-17/h5,9,11,19H,1,6-8,10H2,2-4H3,(H,20,21). The van der Waals surface area contributed by atoms with E-state index in [0.29, 0.717) is 0 Å². The number of aromatic amines is 1. The molecule has 4 heterocycles. The fraction of sp³-hybridized carbons (Fsp3) is 0.421. The molecule has 0 aromatic carbocycles. The molecular formula is C19H24N6O. The maximum atomic E-state index is 5.62. The van der Waals surface area contributed by atoms with E-state index < -0.39 is 0 Å². The summed E-state index contributed by atoms with van der Waals surface area (Å²) in [6, 6.07) is 1.97. The predicted molar refractivity (Wildman–Crippen MR) is 97.7 cm³/mol. The highest BCUT2D eigenvalue weighted by molar-refractivity contribution is 5.30. The summed E-state index contributed by atoms with van der Waals surface area (Å²) in [6.45, 7) is 12.4. The molecule has 0 saturated heterocycles. The molecule has 0 bridgehead atoms. The third kappa shape index (κ3) is 2.78. The number of aromatic nitrogens is 5. The van der Waals surface area contributed by atoms with E-state index in [1.54, 1.807) is 6.33 Å². The summed E-state index contributed by atoms with van der Waals surface area (Å²) in [6.07, 6.45) is 4.58. The van der Waals surface area contributed by atoms with Gasteiger partial charge in [0.2, 0.25) is 0 Å². The average molecular weight is 352 g/mol. The van der Waals surface area contributed by atoms with Crippen LogP contribution in [0.2, 0.25) is 0 Å². The minimum Gasteiger partial charge on any atom is -0.359 e. The summed E-state index contributed by atoms with van der Waals surface area (Å²) >= 11 is 0. The van der Waals surface area contributed by atoms with Gasteiger partial charge in [-0.2, -0.15) is 5.10 Å². The Morgan fingerprint density at radius 1 is 1.38 bits per heavy atom. The molecule has 7 heteroatoms. The van der Waals surface area contributed by atoms with Crippen molar-refractivity contribution in [3.05, 3.63) is 64.8 Å². The lowest BCUT2D eigenvalue weighted by atomic mass is 9.99. The van der Waals surface area contributed by atoms with Crippen LogP contribution in [0.3, 0.4) is 0 Å². The summed E-state index contributed by atoms with van der Waals surface area (Å²) in [5.74, 6) is 0.837. The van der Waals surface area contributed by atoms with Crippen LogP contribution in [-0.2, 0) is 19.5 Å². The monoisotopic (exact) mass is 352 g/mol. The van der Waals surface area contributed by atoms with E-state index in [4.69, 9.17) is 4.52 Å². The molecule has 1 unspecified atom stereocenters. The van der Waals surface area contributed by atoms with Crippen LogP contribution >= 0.6 is 0 Å². The van der Waals surface area contributed by atoms with Gasteiger partial charge in [-0.25, -0.2) is 4.98 Å². The van der Waals surface area contributed by atoms with Crippen molar-refractivity contribution in [3.8, 4) is 0 Å². The maximum absolute atomic E-state index is 5.62. The van der Waals surface area contributed by atoms with Crippen LogP contribution in [0.4, 0.5) is 0 Å². The Bertz CT molecular complexity index is 934. The van der Waals surface area contributed by atoms with Crippen molar-refractivity contribution in [3.63, 3.8) is 0 Å². The quantitative estimate of drug-likeness (QED) is 0.715. The molecule has 3 aromatic rings. The minimum atomic E-state index is -0.0345. The van der Waals surface area contributed by atoms with Crippen LogP contribution < -0.4 is 0 Å². The van der Waals surface area contributed by atoms with Gasteiger partial charge < -0.3 is 9.51 Å². The molecule has 0 fully saturated rings. The lowest BCUT2D eigenvalue weighted by molar-refractivity contribution is 0.169. The highest BCUT2D eigenvalue weighted by atomic mass is 16.5. The van der Waals surface area contributed by atoms with E-state index in [1.165, 1.54) is 17.0 Å². The number of rotatable bonds is 5. The number of fused-ring (bicyclic) bond motifs is 1. The topological polar surface area (TPSA) is 75.8 Å². The van der Waals surface area contributed by atoms with E-state index in [-0.39, 0.29) is 6.04 Å². The zero-order valence-corrected chi connectivity index (χ0v) is 15.5. The highest BCUT2D eigenvalue weighted by Crippen LogP contribution is 2.35. The number of aryl methyl sites for hydroxylation is 2. The number of nitrogens with one attached hydrogen (secondary N) is 1. The molecular weight excluding hydrogens is 328 g/mol. The van der Waals surface area contributed by atoms with Crippen LogP contribution in [0.1, 0.15) is 45.8 Å². The van der Waals surface area contributed by atoms with Crippen molar-refractivity contribution in [1.82, 2.24) is 29.8 Å². The summed E-state index contributed by atoms with van der Waals surface area (Å²) in [4.78, 5) is 10.2. The van der Waals surface area contributed by atoms with Crippen LogP contribution in [-0.4, -0.2) is 36.3 Å². The summed E-state index contributed by atoms with van der Waals surface area (Å²) in [5.41, 5.74) is 6.59. The molecule has 1 N–H and O–H groups in total. The van der Waals surface area contributed by atoms with Crippen molar-refractivity contribution < 1.29 is 4.52 Å². The lowest BCUT2D eigenvalue weighted by Gasteiger charge is -2.33. The average Bonchev–Trinajstić information content (AvgIpc) is 3.31. The smallest absolute Gasteiger partial charge is 0.160 e. The summed E-state index contributed by atoms with van der Waals surface area (Å²) in [5, 5.41) is 8.75. The first kappa shape index (κ1) is 16.8. The number of hydrogen-bond acceptors (Lipinski definition) is 5. The fourth-order valence-corrected chi connectivity index (χ4v) is 3.79. The third-order valence-corrected chi connectivity index (χ3v) is 5.14. The number of nitrogens with zero attached hydrogens (tertiary/aromatic N) is 5. The van der Waals surface area contributed by atoms with Gasteiger partial charge in [0.25, 0.3) is 0 Å². The van der Waals surface area contributed by atoms with Gasteiger partial charge in [-0.15, -0.1) is 6.58 Å². The van der Waals surface area contributed by atoms with Gasteiger partial charge in [0.15, 0.2) is 5.76 Å². The van der Waals surface area contributed by atoms with Gasteiger partial charge in [0.05, 0.1) is 30.0 Å². The largest absolute Gasteiger partial charge is 0.359 e. The first-order valence-electron chi connectivity index (χ1n) is 8.91. The van der Waals surface area contributed by atoms with Gasteiger partial charge in [0.1, 0.15) is 6.04 Å². The molecule has 26 heavy (non-hydrogen) atoms. The highest BCUT2D eigenvalue weighted by Gasteiger charge is 2.34. The Hall–Kier alpha value is -2.67. The summed E-state index contributed by atoms with van der Waals surface area (Å²) < 4.78 is 7.63. The van der Waals surface area contributed by atoms with Crippen molar-refractivity contribution in [2.75, 3.05) is 6.54 Å². The zero-order valence-electron chi connectivity index (χ0n) is 15.5. The molecule has 0 saturated carbocycles. The van der Waals surface area contributed by atoms with Crippen molar-refractivity contribution in [2.24, 2.45) is 0 Å². The Labute approximate surface area is 152 Å². The minimum absolute atomic E-state index is 0.0345. The normalized spacial score (nSPS) is 17.4. The number of H-pyrrole nitrogens is 1. The van der Waals surface area contributed by atoms with Crippen LogP contribution in [0.5, 0.6) is 0 Å². The van der Waals surface area contributed by atoms with Gasteiger partial charge in [-0.05, 0) is 20.8 Å². The molecule has 136 valence electrons. The van der Waals surface area contributed by atoms with E-state index in [2.05, 4.69) is 45.5 Å². The maximum Gasteiger partial charge on any atom is 0.160 e. The Balaban J connectivity index is 1.70. The number of hydrogen-bond donors (Lipinski definition) is 1. The van der Waals surface area contributed by atoms with Crippen molar-refractivity contribution in [1.29, 1.82) is 0 Å². The number of imidazole rings is 1. The molecule has 1 aliphatic heterocycles. The second-order valence-corrected chi connectivity index (χ2v) is 6.88. The van der Waals surface area contributed by atoms with E-state index in [9.17, 15) is 0 Å². The van der Waals surface area contributed by atoms with Crippen LogP contribution in [0.25, 0.3) is 0 Å². The van der Waals surface area contributed by atoms with Gasteiger partial charge in [-0.1, -0.05) is 11.2 Å². The molecule has 3 aromatic heterocycles. The predicted octanol–water partition coefficient (Wildman–Crippen LogP) is 2.85. The molecule has 7 nitrogen and oxygen atoms in total. The second kappa shape index (κ2) is 6.57. The Kier molecular flexibility index (Phi) is 4.24. The summed E-state index contributed by atoms with van der Waals surface area (Å²) in [7, 11) is 0. The third-order valence-electron chi connectivity index (χ3n) is 5.14. The molecule has 0 amide bonds. The SMILES string of the molecule is C=CCn1nc(C)c(CN2CCc3[nH]cnc3C2c2cc(C)no2)c1C. The van der Waals surface area contributed by atoms with E-state index in [0.717, 1.165) is 48.9 Å². The lowest BCUT2D eigenvalue weighted by Crippen LogP contribution is -2.36. The Morgan fingerprint density at radius 2 is 2.23 bits per heavy atom. The first-order chi connectivity index (χ1) is 12.6. The second-order valence-electron chi connectivity index (χ2n) is 6.88. The molecule has 0 radical (unpaired) electrons. The molecule has 4 rings (SSSR count). The van der Waals surface area contributed by atoms with Gasteiger partial charge in [0, 0.05) is 42.5 Å². The molecule has 0 aliphatic carbocycles. The number of allylic oxidation sites excluding steroid dienone is 1. The first-order valence-corrected chi connectivity index (χ1v) is 8.91. The fourth-order valence-electron chi connectivity index (χ4n) is 3.79.